The number of hydrogen-bond donors (Lipinski definition) is 0. The molecule has 1 atom stereocenters. The number of benzene rings is 1. The number of aryl methyl sites for hydroxylation is 4. The summed E-state index contributed by atoms with van der Waals surface area (Å²) in [6, 6.07) is 12.0. The first-order valence-electron chi connectivity index (χ1n) is 10.9. The Morgan fingerprint density at radius 1 is 1.16 bits per heavy atom. The summed E-state index contributed by atoms with van der Waals surface area (Å²) in [5, 5.41) is 9.00. The van der Waals surface area contributed by atoms with Gasteiger partial charge < -0.3 is 4.90 Å². The van der Waals surface area contributed by atoms with Gasteiger partial charge in [-0.3, -0.25) is 14.0 Å². The molecule has 8 heteroatoms. The van der Waals surface area contributed by atoms with E-state index in [-0.39, 0.29) is 17.5 Å². The van der Waals surface area contributed by atoms with E-state index in [1.54, 1.807) is 11.6 Å². The van der Waals surface area contributed by atoms with Gasteiger partial charge >= 0.3 is 5.69 Å². The van der Waals surface area contributed by atoms with Gasteiger partial charge in [0.1, 0.15) is 5.82 Å². The molecule has 0 saturated carbocycles. The minimum Gasteiger partial charge on any atom is -0.342 e. The van der Waals surface area contributed by atoms with E-state index in [1.807, 2.05) is 59.8 Å². The number of carbonyl (C=O) groups excluding carboxylic acids is 1. The molecule has 0 N–H and O–H groups in total. The number of nitrogens with zero attached hydrogens (tertiary/aromatic N) is 6. The Morgan fingerprint density at radius 3 is 2.65 bits per heavy atom. The molecular formula is C23H30N6O2. The zero-order valence-corrected chi connectivity index (χ0v) is 18.5. The maximum Gasteiger partial charge on any atom is 0.345 e. The predicted octanol–water partition coefficient (Wildman–Crippen LogP) is 2.24. The van der Waals surface area contributed by atoms with Gasteiger partial charge in [-0.25, -0.2) is 9.48 Å². The van der Waals surface area contributed by atoms with Crippen LogP contribution in [0.15, 0.2) is 41.2 Å². The first-order chi connectivity index (χ1) is 14.9. The Kier molecular flexibility index (Phi) is 6.06. The number of likely N-dealkylation sites (tertiary alicyclic amines) is 1. The van der Waals surface area contributed by atoms with Crippen molar-refractivity contribution in [2.24, 2.45) is 7.05 Å². The topological polar surface area (TPSA) is 78.0 Å². The van der Waals surface area contributed by atoms with Gasteiger partial charge in [0, 0.05) is 44.7 Å². The summed E-state index contributed by atoms with van der Waals surface area (Å²) >= 11 is 0. The van der Waals surface area contributed by atoms with Crippen molar-refractivity contribution >= 4 is 5.91 Å². The molecule has 3 aromatic rings. The van der Waals surface area contributed by atoms with Gasteiger partial charge in [-0.05, 0) is 38.3 Å². The molecule has 164 valence electrons. The fourth-order valence-corrected chi connectivity index (χ4v) is 4.42. The third-order valence-corrected chi connectivity index (χ3v) is 6.00. The Morgan fingerprint density at radius 2 is 1.94 bits per heavy atom. The highest BCUT2D eigenvalue weighted by Gasteiger charge is 2.29. The van der Waals surface area contributed by atoms with Crippen molar-refractivity contribution in [3.63, 3.8) is 0 Å². The summed E-state index contributed by atoms with van der Waals surface area (Å²) in [6.45, 7) is 6.40. The smallest absolute Gasteiger partial charge is 0.342 e. The van der Waals surface area contributed by atoms with Crippen LogP contribution < -0.4 is 5.69 Å². The van der Waals surface area contributed by atoms with Crippen molar-refractivity contribution in [3.05, 3.63) is 69.7 Å². The lowest BCUT2D eigenvalue weighted by molar-refractivity contribution is -0.132. The highest BCUT2D eigenvalue weighted by atomic mass is 16.2. The normalized spacial score (nSPS) is 16.6. The van der Waals surface area contributed by atoms with Crippen LogP contribution in [0, 0.1) is 13.8 Å². The fourth-order valence-electron chi connectivity index (χ4n) is 4.42. The molecule has 2 aromatic heterocycles. The van der Waals surface area contributed by atoms with Crippen LogP contribution in [0.2, 0.25) is 0 Å². The zero-order valence-electron chi connectivity index (χ0n) is 18.5. The largest absolute Gasteiger partial charge is 0.345 e. The molecular weight excluding hydrogens is 392 g/mol. The van der Waals surface area contributed by atoms with E-state index in [2.05, 4.69) is 10.2 Å². The van der Waals surface area contributed by atoms with Gasteiger partial charge in [-0.2, -0.15) is 10.2 Å². The molecule has 0 bridgehead atoms. The zero-order chi connectivity index (χ0) is 22.0. The maximum absolute atomic E-state index is 12.9. The molecule has 0 radical (unpaired) electrons. The molecule has 4 rings (SSSR count). The van der Waals surface area contributed by atoms with Crippen LogP contribution in [0.1, 0.15) is 48.0 Å². The van der Waals surface area contributed by atoms with E-state index in [9.17, 15) is 9.59 Å². The van der Waals surface area contributed by atoms with Gasteiger partial charge in [0.15, 0.2) is 0 Å². The summed E-state index contributed by atoms with van der Waals surface area (Å²) < 4.78 is 5.05. The maximum atomic E-state index is 12.9. The van der Waals surface area contributed by atoms with Crippen LogP contribution in [0.3, 0.4) is 0 Å². The van der Waals surface area contributed by atoms with Crippen LogP contribution in [-0.2, 0) is 24.9 Å². The van der Waals surface area contributed by atoms with E-state index in [0.717, 1.165) is 42.2 Å². The third-order valence-electron chi connectivity index (χ3n) is 6.00. The van der Waals surface area contributed by atoms with Crippen molar-refractivity contribution in [3.8, 4) is 0 Å². The molecule has 1 fully saturated rings. The van der Waals surface area contributed by atoms with Gasteiger partial charge in [0.05, 0.1) is 12.2 Å². The van der Waals surface area contributed by atoms with Gasteiger partial charge in [-0.1, -0.05) is 30.3 Å². The molecule has 1 amide bonds. The van der Waals surface area contributed by atoms with Crippen molar-refractivity contribution in [2.75, 3.05) is 13.1 Å². The molecule has 0 aliphatic carbocycles. The highest BCUT2D eigenvalue weighted by molar-refractivity contribution is 5.76. The van der Waals surface area contributed by atoms with E-state index in [1.165, 1.54) is 4.68 Å². The lowest BCUT2D eigenvalue weighted by Gasteiger charge is -2.32. The van der Waals surface area contributed by atoms with E-state index < -0.39 is 0 Å². The Balaban J connectivity index is 1.47. The van der Waals surface area contributed by atoms with Crippen molar-refractivity contribution in [2.45, 2.75) is 52.1 Å². The predicted molar refractivity (Wildman–Crippen MR) is 118 cm³/mol. The number of rotatable bonds is 6. The molecule has 8 nitrogen and oxygen atoms in total. The second-order valence-corrected chi connectivity index (χ2v) is 8.42. The van der Waals surface area contributed by atoms with Crippen molar-refractivity contribution in [1.29, 1.82) is 0 Å². The summed E-state index contributed by atoms with van der Waals surface area (Å²) in [5.41, 5.74) is 2.98. The first-order valence-corrected chi connectivity index (χ1v) is 10.9. The van der Waals surface area contributed by atoms with E-state index in [4.69, 9.17) is 0 Å². The molecule has 31 heavy (non-hydrogen) atoms. The van der Waals surface area contributed by atoms with Crippen molar-refractivity contribution in [1.82, 2.24) is 29.0 Å². The van der Waals surface area contributed by atoms with Crippen LogP contribution in [0.4, 0.5) is 0 Å². The second-order valence-electron chi connectivity index (χ2n) is 8.42. The lowest BCUT2D eigenvalue weighted by Crippen LogP contribution is -2.40. The number of aromatic nitrogens is 5. The molecule has 1 aromatic carbocycles. The molecule has 1 aliphatic rings. The molecule has 3 heterocycles. The second kappa shape index (κ2) is 8.91. The number of hydrogen-bond acceptors (Lipinski definition) is 4. The van der Waals surface area contributed by atoms with Gasteiger partial charge in [0.25, 0.3) is 0 Å². The Bertz CT molecular complexity index is 1110. The van der Waals surface area contributed by atoms with Crippen LogP contribution >= 0.6 is 0 Å². The number of amides is 1. The quantitative estimate of drug-likeness (QED) is 0.610. The minimum absolute atomic E-state index is 0.0593. The van der Waals surface area contributed by atoms with Crippen LogP contribution in [0.25, 0.3) is 0 Å². The fraction of sp³-hybridized carbons (Fsp3) is 0.478. The molecule has 1 aliphatic heterocycles. The molecule has 1 saturated heterocycles. The standard InChI is InChI=1S/C23H30N6O2/c1-17-14-18(2)29(24-17)13-11-21(30)27-12-7-10-20(16-27)22-25-26(3)23(31)28(22)15-19-8-5-4-6-9-19/h4-6,8-9,14,20H,7,10-13,15-16H2,1-3H3. The summed E-state index contributed by atoms with van der Waals surface area (Å²) in [5.74, 6) is 0.960. The van der Waals surface area contributed by atoms with Crippen molar-refractivity contribution < 1.29 is 4.79 Å². The highest BCUT2D eigenvalue weighted by Crippen LogP contribution is 2.26. The van der Waals surface area contributed by atoms with E-state index >= 15 is 0 Å². The molecule has 1 unspecified atom stereocenters. The van der Waals surface area contributed by atoms with E-state index in [0.29, 0.717) is 26.1 Å². The first kappa shape index (κ1) is 21.1. The van der Waals surface area contributed by atoms with Gasteiger partial charge in [0.2, 0.25) is 5.91 Å². The number of piperidine rings is 1. The number of carbonyl (C=O) groups is 1. The van der Waals surface area contributed by atoms with Gasteiger partial charge in [-0.15, -0.1) is 0 Å². The summed E-state index contributed by atoms with van der Waals surface area (Å²) in [6.07, 6.45) is 2.26. The average molecular weight is 423 g/mol. The monoisotopic (exact) mass is 422 g/mol. The Hall–Kier alpha value is -3.16. The summed E-state index contributed by atoms with van der Waals surface area (Å²) in [7, 11) is 1.69. The SMILES string of the molecule is Cc1cc(C)n(CCC(=O)N2CCCC(c3nn(C)c(=O)n3Cc3ccccc3)C2)n1. The summed E-state index contributed by atoms with van der Waals surface area (Å²) in [4.78, 5) is 27.5. The molecule has 0 spiro atoms. The van der Waals surface area contributed by atoms with Crippen LogP contribution in [0.5, 0.6) is 0 Å². The van der Waals surface area contributed by atoms with Crippen LogP contribution in [-0.4, -0.2) is 48.0 Å². The Labute approximate surface area is 182 Å². The average Bonchev–Trinajstić information content (AvgIpc) is 3.25. The lowest BCUT2D eigenvalue weighted by atomic mass is 9.96. The minimum atomic E-state index is -0.119. The third kappa shape index (κ3) is 4.62.